The number of para-hydroxylation sites is 1. The first-order chi connectivity index (χ1) is 14.0. The molecule has 0 saturated carbocycles. The fourth-order valence-corrected chi connectivity index (χ4v) is 2.91. The minimum absolute atomic E-state index is 0.0965. The number of nitro groups is 1. The summed E-state index contributed by atoms with van der Waals surface area (Å²) in [6, 6.07) is 24.8. The second kappa shape index (κ2) is 9.71. The summed E-state index contributed by atoms with van der Waals surface area (Å²) in [5, 5.41) is 10.9. The highest BCUT2D eigenvalue weighted by molar-refractivity contribution is 5.64. The van der Waals surface area contributed by atoms with Crippen molar-refractivity contribution in [3.05, 3.63) is 94.5 Å². The predicted molar refractivity (Wildman–Crippen MR) is 116 cm³/mol. The minimum atomic E-state index is -0.381. The molecule has 0 heterocycles. The second-order valence-corrected chi connectivity index (χ2v) is 6.99. The summed E-state index contributed by atoms with van der Waals surface area (Å²) in [5.41, 5.74) is 3.16. The van der Waals surface area contributed by atoms with Crippen molar-refractivity contribution in [2.45, 2.75) is 6.54 Å². The van der Waals surface area contributed by atoms with Gasteiger partial charge in [0.05, 0.1) is 4.92 Å². The van der Waals surface area contributed by atoms with Crippen molar-refractivity contribution in [3.63, 3.8) is 0 Å². The highest BCUT2D eigenvalue weighted by atomic mass is 16.6. The molecule has 6 heteroatoms. The molecule has 150 valence electrons. The van der Waals surface area contributed by atoms with Gasteiger partial charge in [-0.1, -0.05) is 30.3 Å². The third kappa shape index (κ3) is 5.80. The summed E-state index contributed by atoms with van der Waals surface area (Å²) in [6.07, 6.45) is 0. The molecule has 0 aliphatic rings. The zero-order valence-electron chi connectivity index (χ0n) is 16.7. The molecular weight excluding hydrogens is 366 g/mol. The van der Waals surface area contributed by atoms with Gasteiger partial charge < -0.3 is 14.5 Å². The topological polar surface area (TPSA) is 58.8 Å². The van der Waals surface area contributed by atoms with Crippen LogP contribution in [0, 0.1) is 10.1 Å². The van der Waals surface area contributed by atoms with Gasteiger partial charge in [0, 0.05) is 36.6 Å². The maximum atomic E-state index is 10.9. The first-order valence-corrected chi connectivity index (χ1v) is 9.46. The molecule has 0 bridgehead atoms. The first-order valence-electron chi connectivity index (χ1n) is 9.46. The Morgan fingerprint density at radius 1 is 0.862 bits per heavy atom. The van der Waals surface area contributed by atoms with Crippen molar-refractivity contribution in [3.8, 4) is 5.75 Å². The molecule has 0 atom stereocenters. The van der Waals surface area contributed by atoms with Crippen molar-refractivity contribution in [2.24, 2.45) is 0 Å². The fourth-order valence-electron chi connectivity index (χ4n) is 2.91. The molecule has 0 aromatic heterocycles. The van der Waals surface area contributed by atoms with Gasteiger partial charge in [0.2, 0.25) is 0 Å². The van der Waals surface area contributed by atoms with Crippen molar-refractivity contribution < 1.29 is 9.66 Å². The van der Waals surface area contributed by atoms with Crippen LogP contribution in [0.4, 0.5) is 17.1 Å². The van der Waals surface area contributed by atoms with Crippen LogP contribution in [0.3, 0.4) is 0 Å². The lowest BCUT2D eigenvalue weighted by Crippen LogP contribution is -2.19. The van der Waals surface area contributed by atoms with Gasteiger partial charge in [-0.15, -0.1) is 0 Å². The van der Waals surface area contributed by atoms with E-state index in [2.05, 4.69) is 9.80 Å². The predicted octanol–water partition coefficient (Wildman–Crippen LogP) is 4.87. The number of ether oxygens (including phenoxy) is 1. The monoisotopic (exact) mass is 391 g/mol. The Hall–Kier alpha value is -3.38. The van der Waals surface area contributed by atoms with E-state index in [0.717, 1.165) is 29.2 Å². The molecule has 0 radical (unpaired) electrons. The lowest BCUT2D eigenvalue weighted by molar-refractivity contribution is -0.384. The summed E-state index contributed by atoms with van der Waals surface area (Å²) in [6.45, 7) is 2.10. The Balaban J connectivity index is 1.79. The van der Waals surface area contributed by atoms with Crippen molar-refractivity contribution in [1.29, 1.82) is 0 Å². The van der Waals surface area contributed by atoms with E-state index in [-0.39, 0.29) is 10.6 Å². The Morgan fingerprint density at radius 2 is 1.48 bits per heavy atom. The van der Waals surface area contributed by atoms with E-state index in [1.54, 1.807) is 24.3 Å². The standard InChI is InChI=1S/C23H25N3O3/c1-24(2)16-17-29-23-14-12-21(13-15-23)25(20-6-4-3-5-7-20)18-19-8-10-22(11-9-19)26(27)28/h3-15H,16-18H2,1-2H3. The van der Waals surface area contributed by atoms with Crippen LogP contribution >= 0.6 is 0 Å². The number of benzene rings is 3. The number of nitrogens with zero attached hydrogens (tertiary/aromatic N) is 3. The largest absolute Gasteiger partial charge is 0.492 e. The fraction of sp³-hybridized carbons (Fsp3) is 0.217. The number of non-ortho nitro benzene ring substituents is 1. The lowest BCUT2D eigenvalue weighted by atomic mass is 10.1. The summed E-state index contributed by atoms with van der Waals surface area (Å²) in [7, 11) is 4.03. The van der Waals surface area contributed by atoms with Gasteiger partial charge in [0.1, 0.15) is 12.4 Å². The van der Waals surface area contributed by atoms with Crippen LogP contribution in [-0.2, 0) is 6.54 Å². The van der Waals surface area contributed by atoms with E-state index in [4.69, 9.17) is 4.74 Å². The average Bonchev–Trinajstić information content (AvgIpc) is 2.73. The van der Waals surface area contributed by atoms with Crippen LogP contribution in [0.15, 0.2) is 78.9 Å². The molecule has 29 heavy (non-hydrogen) atoms. The molecule has 0 saturated heterocycles. The lowest BCUT2D eigenvalue weighted by Gasteiger charge is -2.25. The molecule has 0 spiro atoms. The van der Waals surface area contributed by atoms with Crippen LogP contribution < -0.4 is 9.64 Å². The Labute approximate surface area is 171 Å². The van der Waals surface area contributed by atoms with Crippen LogP contribution in [0.2, 0.25) is 0 Å². The highest BCUT2D eigenvalue weighted by Crippen LogP contribution is 2.29. The molecule has 3 aromatic rings. The summed E-state index contributed by atoms with van der Waals surface area (Å²) >= 11 is 0. The average molecular weight is 391 g/mol. The van der Waals surface area contributed by atoms with E-state index in [1.165, 1.54) is 0 Å². The van der Waals surface area contributed by atoms with Gasteiger partial charge in [0.15, 0.2) is 0 Å². The normalized spacial score (nSPS) is 10.7. The molecule has 0 fully saturated rings. The van der Waals surface area contributed by atoms with E-state index in [1.807, 2.05) is 68.7 Å². The Morgan fingerprint density at radius 3 is 2.07 bits per heavy atom. The smallest absolute Gasteiger partial charge is 0.269 e. The summed E-state index contributed by atoms with van der Waals surface area (Å²) < 4.78 is 5.79. The van der Waals surface area contributed by atoms with Gasteiger partial charge in [-0.25, -0.2) is 0 Å². The number of rotatable bonds is 9. The van der Waals surface area contributed by atoms with E-state index >= 15 is 0 Å². The molecule has 0 amide bonds. The molecule has 0 N–H and O–H groups in total. The molecule has 3 rings (SSSR count). The van der Waals surface area contributed by atoms with Gasteiger partial charge >= 0.3 is 0 Å². The summed E-state index contributed by atoms with van der Waals surface area (Å²) in [5.74, 6) is 0.832. The summed E-state index contributed by atoms with van der Waals surface area (Å²) in [4.78, 5) is 14.8. The van der Waals surface area contributed by atoms with Crippen molar-refractivity contribution in [2.75, 3.05) is 32.1 Å². The van der Waals surface area contributed by atoms with Crippen LogP contribution in [0.5, 0.6) is 5.75 Å². The Kier molecular flexibility index (Phi) is 6.81. The van der Waals surface area contributed by atoms with Gasteiger partial charge in [0.25, 0.3) is 5.69 Å². The molecular formula is C23H25N3O3. The molecule has 0 unspecified atom stereocenters. The van der Waals surface area contributed by atoms with Gasteiger partial charge in [-0.3, -0.25) is 10.1 Å². The van der Waals surface area contributed by atoms with Gasteiger partial charge in [-0.05, 0) is 56.1 Å². The molecule has 0 aliphatic carbocycles. The number of anilines is 2. The van der Waals surface area contributed by atoms with E-state index < -0.39 is 0 Å². The van der Waals surface area contributed by atoms with Crippen LogP contribution in [0.1, 0.15) is 5.56 Å². The quantitative estimate of drug-likeness (QED) is 0.385. The molecule has 0 aliphatic heterocycles. The van der Waals surface area contributed by atoms with Crippen molar-refractivity contribution >= 4 is 17.1 Å². The number of hydrogen-bond acceptors (Lipinski definition) is 5. The van der Waals surface area contributed by atoms with Crippen molar-refractivity contribution in [1.82, 2.24) is 4.90 Å². The minimum Gasteiger partial charge on any atom is -0.492 e. The third-order valence-electron chi connectivity index (χ3n) is 4.51. The first kappa shape index (κ1) is 20.4. The maximum absolute atomic E-state index is 10.9. The third-order valence-corrected chi connectivity index (χ3v) is 4.51. The highest BCUT2D eigenvalue weighted by Gasteiger charge is 2.12. The van der Waals surface area contributed by atoms with E-state index in [0.29, 0.717) is 13.2 Å². The zero-order valence-corrected chi connectivity index (χ0v) is 16.7. The van der Waals surface area contributed by atoms with Crippen LogP contribution in [0.25, 0.3) is 0 Å². The molecule has 3 aromatic carbocycles. The maximum Gasteiger partial charge on any atom is 0.269 e. The molecule has 6 nitrogen and oxygen atoms in total. The van der Waals surface area contributed by atoms with Crippen LogP contribution in [-0.4, -0.2) is 37.1 Å². The Bertz CT molecular complexity index is 910. The number of likely N-dealkylation sites (N-methyl/N-ethyl adjacent to an activating group) is 1. The van der Waals surface area contributed by atoms with E-state index in [9.17, 15) is 10.1 Å². The second-order valence-electron chi connectivity index (χ2n) is 6.99. The zero-order chi connectivity index (χ0) is 20.6. The SMILES string of the molecule is CN(C)CCOc1ccc(N(Cc2ccc([N+](=O)[O-])cc2)c2ccccc2)cc1. The van der Waals surface area contributed by atoms with Gasteiger partial charge in [-0.2, -0.15) is 0 Å². The number of hydrogen-bond donors (Lipinski definition) is 0. The number of nitro benzene ring substituents is 1.